The third kappa shape index (κ3) is 45.9. The number of carbonyl (C=O) groups is 2. The maximum Gasteiger partial charge on any atom is 0.306 e. The highest BCUT2D eigenvalue weighted by molar-refractivity contribution is 5.77. The van der Waals surface area contributed by atoms with Gasteiger partial charge in [-0.05, 0) is 44.9 Å². The molecule has 0 aromatic rings. The van der Waals surface area contributed by atoms with Crippen LogP contribution < -0.4 is 5.32 Å². The highest BCUT2D eigenvalue weighted by Crippen LogP contribution is 2.18. The molecule has 366 valence electrons. The molecule has 0 rings (SSSR count). The number of hydrogen-bond acceptors (Lipinski definition) is 5. The first-order valence-corrected chi connectivity index (χ1v) is 27.1. The van der Waals surface area contributed by atoms with Crippen molar-refractivity contribution in [2.75, 3.05) is 6.61 Å². The minimum atomic E-state index is -0.795. The summed E-state index contributed by atoms with van der Waals surface area (Å²) in [5.41, 5.74) is 0. The predicted octanol–water partition coefficient (Wildman–Crippen LogP) is 16.4. The van der Waals surface area contributed by atoms with E-state index in [1.807, 2.05) is 36.5 Å². The lowest BCUT2D eigenvalue weighted by molar-refractivity contribution is -0.151. The van der Waals surface area contributed by atoms with Crippen LogP contribution in [0.4, 0.5) is 0 Å². The van der Waals surface area contributed by atoms with Crippen LogP contribution in [-0.4, -0.2) is 46.9 Å². The highest BCUT2D eigenvalue weighted by Gasteiger charge is 2.24. The van der Waals surface area contributed by atoms with Crippen molar-refractivity contribution < 1.29 is 24.5 Å². The molecule has 3 N–H and O–H groups in total. The van der Waals surface area contributed by atoms with E-state index < -0.39 is 18.2 Å². The summed E-state index contributed by atoms with van der Waals surface area (Å²) < 4.78 is 5.93. The molecule has 63 heavy (non-hydrogen) atoms. The molecule has 6 nitrogen and oxygen atoms in total. The Morgan fingerprint density at radius 1 is 0.476 bits per heavy atom. The standard InChI is InChI=1S/C57H103NO5/c1-4-7-10-13-16-19-22-25-28-30-33-36-39-42-45-48-53(63-57(62)50-47-44-41-38-35-32-29-26-23-20-17-14-11-8-5-2)51-56(61)58-54(52-59)55(60)49-46-43-40-37-34-31-27-24-21-18-15-12-9-6-3/h8,11,14,17,20,23,26,29,32,35,53-55,59-60H,4-7,9-10,12-13,15-16,18-19,21-22,24-25,27-28,30-31,33-34,36-52H2,1-3H3,(H,58,61)/b11-8+,17-14+,23-20-,29-26-,35-32+. The third-order valence-corrected chi connectivity index (χ3v) is 12.2. The number of rotatable bonds is 48. The predicted molar refractivity (Wildman–Crippen MR) is 273 cm³/mol. The number of allylic oxidation sites excluding steroid dienone is 10. The Hall–Kier alpha value is -2.44. The van der Waals surface area contributed by atoms with E-state index in [-0.39, 0.29) is 24.9 Å². The van der Waals surface area contributed by atoms with Crippen molar-refractivity contribution in [2.45, 2.75) is 283 Å². The second kappa shape index (κ2) is 50.6. The van der Waals surface area contributed by atoms with Gasteiger partial charge >= 0.3 is 5.97 Å². The van der Waals surface area contributed by atoms with Gasteiger partial charge in [-0.1, -0.05) is 268 Å². The molecular formula is C57H103NO5. The van der Waals surface area contributed by atoms with E-state index in [4.69, 9.17) is 4.74 Å². The molecule has 1 amide bonds. The number of esters is 1. The van der Waals surface area contributed by atoms with Gasteiger partial charge in [-0.3, -0.25) is 9.59 Å². The van der Waals surface area contributed by atoms with Crippen molar-refractivity contribution in [3.8, 4) is 0 Å². The van der Waals surface area contributed by atoms with Gasteiger partial charge in [0, 0.05) is 6.42 Å². The summed E-state index contributed by atoms with van der Waals surface area (Å²) in [4.78, 5) is 26.2. The summed E-state index contributed by atoms with van der Waals surface area (Å²) in [6.07, 6.45) is 62.8. The smallest absolute Gasteiger partial charge is 0.306 e. The van der Waals surface area contributed by atoms with Crippen LogP contribution >= 0.6 is 0 Å². The molecule has 0 aromatic carbocycles. The Kier molecular flexibility index (Phi) is 48.6. The SMILES string of the molecule is CC/C=C/C=C/C=C\C=C/C=C/CCCCCC(=O)OC(CCCCCCCCCCCCCCCCC)CC(=O)NC(CO)C(O)CCCCCCCCCCCCCCCC. The molecule has 0 saturated heterocycles. The van der Waals surface area contributed by atoms with Crippen LogP contribution in [0.1, 0.15) is 265 Å². The fourth-order valence-corrected chi connectivity index (χ4v) is 8.16. The lowest BCUT2D eigenvalue weighted by atomic mass is 10.0. The van der Waals surface area contributed by atoms with E-state index in [1.165, 1.54) is 148 Å². The van der Waals surface area contributed by atoms with Gasteiger partial charge < -0.3 is 20.3 Å². The van der Waals surface area contributed by atoms with Crippen LogP contribution in [-0.2, 0) is 14.3 Å². The molecule has 3 atom stereocenters. The van der Waals surface area contributed by atoms with Crippen LogP contribution in [0.2, 0.25) is 0 Å². The number of hydrogen-bond donors (Lipinski definition) is 3. The average molecular weight is 882 g/mol. The number of ether oxygens (including phenoxy) is 1. The molecule has 0 aliphatic rings. The number of nitrogens with one attached hydrogen (secondary N) is 1. The van der Waals surface area contributed by atoms with Gasteiger partial charge in [0.25, 0.3) is 0 Å². The Morgan fingerprint density at radius 2 is 0.857 bits per heavy atom. The average Bonchev–Trinajstić information content (AvgIpc) is 3.28. The Labute approximate surface area is 390 Å². The first-order chi connectivity index (χ1) is 31.0. The molecule has 6 heteroatoms. The summed E-state index contributed by atoms with van der Waals surface area (Å²) in [5, 5.41) is 23.8. The fraction of sp³-hybridized carbons (Fsp3) is 0.789. The third-order valence-electron chi connectivity index (χ3n) is 12.2. The van der Waals surface area contributed by atoms with E-state index in [0.717, 1.165) is 70.6 Å². The molecular weight excluding hydrogens is 779 g/mol. The number of carbonyl (C=O) groups excluding carboxylic acids is 2. The summed E-state index contributed by atoms with van der Waals surface area (Å²) in [6, 6.07) is -0.710. The van der Waals surface area contributed by atoms with Gasteiger partial charge in [0.2, 0.25) is 5.91 Å². The van der Waals surface area contributed by atoms with E-state index in [0.29, 0.717) is 19.3 Å². The maximum atomic E-state index is 13.2. The molecule has 0 radical (unpaired) electrons. The monoisotopic (exact) mass is 882 g/mol. The molecule has 0 heterocycles. The first kappa shape index (κ1) is 60.6. The zero-order valence-electron chi connectivity index (χ0n) is 41.7. The van der Waals surface area contributed by atoms with Crippen molar-refractivity contribution in [3.63, 3.8) is 0 Å². The van der Waals surface area contributed by atoms with Crippen molar-refractivity contribution in [1.29, 1.82) is 0 Å². The van der Waals surface area contributed by atoms with E-state index in [2.05, 4.69) is 50.4 Å². The molecule has 0 saturated carbocycles. The largest absolute Gasteiger partial charge is 0.462 e. The van der Waals surface area contributed by atoms with Crippen molar-refractivity contribution in [1.82, 2.24) is 5.32 Å². The van der Waals surface area contributed by atoms with Crippen LogP contribution in [0.15, 0.2) is 60.8 Å². The number of unbranched alkanes of at least 4 members (excludes halogenated alkanes) is 30. The van der Waals surface area contributed by atoms with Crippen molar-refractivity contribution in [2.24, 2.45) is 0 Å². The minimum Gasteiger partial charge on any atom is -0.462 e. The molecule has 0 aliphatic carbocycles. The Morgan fingerprint density at radius 3 is 1.29 bits per heavy atom. The molecule has 3 unspecified atom stereocenters. The normalized spacial score (nSPS) is 13.7. The molecule has 0 fully saturated rings. The Bertz CT molecular complexity index is 1130. The lowest BCUT2D eigenvalue weighted by Crippen LogP contribution is -2.46. The van der Waals surface area contributed by atoms with Gasteiger partial charge in [-0.25, -0.2) is 0 Å². The summed E-state index contributed by atoms with van der Waals surface area (Å²) >= 11 is 0. The first-order valence-electron chi connectivity index (χ1n) is 27.1. The van der Waals surface area contributed by atoms with Gasteiger partial charge in [0.1, 0.15) is 6.10 Å². The molecule has 0 aromatic heterocycles. The zero-order chi connectivity index (χ0) is 45.9. The van der Waals surface area contributed by atoms with Gasteiger partial charge in [-0.2, -0.15) is 0 Å². The molecule has 0 spiro atoms. The zero-order valence-corrected chi connectivity index (χ0v) is 41.7. The van der Waals surface area contributed by atoms with E-state index >= 15 is 0 Å². The van der Waals surface area contributed by atoms with Gasteiger partial charge in [0.15, 0.2) is 0 Å². The summed E-state index contributed by atoms with van der Waals surface area (Å²) in [5.74, 6) is -0.514. The summed E-state index contributed by atoms with van der Waals surface area (Å²) in [6.45, 7) is 6.35. The second-order valence-electron chi connectivity index (χ2n) is 18.4. The number of aliphatic hydroxyl groups is 2. The van der Waals surface area contributed by atoms with Gasteiger partial charge in [0.05, 0.1) is 25.2 Å². The van der Waals surface area contributed by atoms with E-state index in [9.17, 15) is 19.8 Å². The topological polar surface area (TPSA) is 95.9 Å². The number of aliphatic hydroxyl groups excluding tert-OH is 2. The van der Waals surface area contributed by atoms with Crippen LogP contribution in [0.5, 0.6) is 0 Å². The van der Waals surface area contributed by atoms with Gasteiger partial charge in [-0.15, -0.1) is 0 Å². The number of amides is 1. The van der Waals surface area contributed by atoms with Crippen LogP contribution in [0.3, 0.4) is 0 Å². The Balaban J connectivity index is 4.63. The van der Waals surface area contributed by atoms with Crippen molar-refractivity contribution >= 4 is 11.9 Å². The van der Waals surface area contributed by atoms with Crippen LogP contribution in [0, 0.1) is 0 Å². The maximum absolute atomic E-state index is 13.2. The lowest BCUT2D eigenvalue weighted by Gasteiger charge is -2.24. The highest BCUT2D eigenvalue weighted by atomic mass is 16.5. The minimum absolute atomic E-state index is 0.0616. The molecule has 0 aliphatic heterocycles. The summed E-state index contributed by atoms with van der Waals surface area (Å²) in [7, 11) is 0. The van der Waals surface area contributed by atoms with Crippen LogP contribution in [0.25, 0.3) is 0 Å². The fourth-order valence-electron chi connectivity index (χ4n) is 8.16. The van der Waals surface area contributed by atoms with Crippen molar-refractivity contribution in [3.05, 3.63) is 60.8 Å². The molecule has 0 bridgehead atoms. The van der Waals surface area contributed by atoms with E-state index in [1.54, 1.807) is 0 Å². The second-order valence-corrected chi connectivity index (χ2v) is 18.4. The quantitative estimate of drug-likeness (QED) is 0.0321.